The summed E-state index contributed by atoms with van der Waals surface area (Å²) in [6.07, 6.45) is 1.57. The molecule has 1 amide bonds. The quantitative estimate of drug-likeness (QED) is 0.665. The molecule has 0 atom stereocenters. The number of hydrogen-bond donors (Lipinski definition) is 3. The van der Waals surface area contributed by atoms with Crippen molar-refractivity contribution in [3.8, 4) is 11.3 Å². The van der Waals surface area contributed by atoms with Gasteiger partial charge in [0.1, 0.15) is 11.6 Å². The monoisotopic (exact) mass is 323 g/mol. The van der Waals surface area contributed by atoms with Gasteiger partial charge in [-0.3, -0.25) is 4.79 Å². The Morgan fingerprint density at radius 2 is 2.00 bits per heavy atom. The number of benzene rings is 1. The van der Waals surface area contributed by atoms with E-state index >= 15 is 0 Å². The molecule has 1 aromatic carbocycles. The molecule has 4 N–H and O–H groups in total. The van der Waals surface area contributed by atoms with Crippen LogP contribution in [0.3, 0.4) is 0 Å². The van der Waals surface area contributed by atoms with Gasteiger partial charge in [0.2, 0.25) is 5.95 Å². The number of nitrogens with two attached hydrogens (primary N) is 1. The third kappa shape index (κ3) is 3.52. The summed E-state index contributed by atoms with van der Waals surface area (Å²) in [7, 11) is 1.76. The van der Waals surface area contributed by atoms with Crippen molar-refractivity contribution in [1.82, 2.24) is 15.3 Å². The molecule has 3 aromatic rings. The molecule has 0 radical (unpaired) electrons. The fourth-order valence-corrected chi connectivity index (χ4v) is 2.22. The van der Waals surface area contributed by atoms with Gasteiger partial charge >= 0.3 is 0 Å². The summed E-state index contributed by atoms with van der Waals surface area (Å²) in [6, 6.07) is 12.5. The minimum Gasteiger partial charge on any atom is -0.467 e. The lowest BCUT2D eigenvalue weighted by Crippen LogP contribution is -2.22. The normalized spacial score (nSPS) is 10.4. The zero-order valence-electron chi connectivity index (χ0n) is 13.1. The first-order valence-corrected chi connectivity index (χ1v) is 7.39. The summed E-state index contributed by atoms with van der Waals surface area (Å²) in [5.41, 5.74) is 7.80. The van der Waals surface area contributed by atoms with Crippen LogP contribution in [0.25, 0.3) is 11.3 Å². The standard InChI is InChI=1S/C17H17N5O2/c1-19-15-9-14(21-17(18)22-15)11-4-6-12(7-5-11)16(23)20-10-13-3-2-8-24-13/h2-9H,10H2,1H3,(H,20,23)(H3,18,19,21,22). The van der Waals surface area contributed by atoms with Gasteiger partial charge < -0.3 is 20.8 Å². The van der Waals surface area contributed by atoms with Gasteiger partial charge in [-0.1, -0.05) is 12.1 Å². The second-order valence-electron chi connectivity index (χ2n) is 5.09. The predicted octanol–water partition coefficient (Wildman–Crippen LogP) is 2.29. The first-order chi connectivity index (χ1) is 11.7. The molecule has 122 valence electrons. The molecule has 0 saturated carbocycles. The molecule has 2 aromatic heterocycles. The molecule has 0 fully saturated rings. The van der Waals surface area contributed by atoms with Crippen molar-refractivity contribution in [2.75, 3.05) is 18.1 Å². The van der Waals surface area contributed by atoms with Crippen LogP contribution in [0.2, 0.25) is 0 Å². The molecule has 2 heterocycles. The van der Waals surface area contributed by atoms with Gasteiger partial charge in [-0.15, -0.1) is 0 Å². The molecule has 0 aliphatic carbocycles. The van der Waals surface area contributed by atoms with E-state index in [1.807, 2.05) is 18.2 Å². The van der Waals surface area contributed by atoms with E-state index in [1.165, 1.54) is 0 Å². The van der Waals surface area contributed by atoms with Gasteiger partial charge in [0.25, 0.3) is 5.91 Å². The van der Waals surface area contributed by atoms with Gasteiger partial charge in [-0.05, 0) is 24.3 Å². The molecule has 0 saturated heterocycles. The number of hydrogen-bond acceptors (Lipinski definition) is 6. The Balaban J connectivity index is 1.73. The Morgan fingerprint density at radius 1 is 1.21 bits per heavy atom. The molecular weight excluding hydrogens is 306 g/mol. The van der Waals surface area contributed by atoms with E-state index in [-0.39, 0.29) is 11.9 Å². The molecule has 0 bridgehead atoms. The molecule has 0 aliphatic rings. The summed E-state index contributed by atoms with van der Waals surface area (Å²) in [5, 5.41) is 5.73. The number of aromatic nitrogens is 2. The summed E-state index contributed by atoms with van der Waals surface area (Å²) in [5.74, 6) is 1.36. The topological polar surface area (TPSA) is 106 Å². The lowest BCUT2D eigenvalue weighted by Gasteiger charge is -2.07. The molecule has 0 spiro atoms. The summed E-state index contributed by atoms with van der Waals surface area (Å²) in [4.78, 5) is 20.4. The van der Waals surface area contributed by atoms with Gasteiger partial charge in [0.05, 0.1) is 18.5 Å². The first-order valence-electron chi connectivity index (χ1n) is 7.39. The van der Waals surface area contributed by atoms with E-state index in [4.69, 9.17) is 10.2 Å². The van der Waals surface area contributed by atoms with Crippen LogP contribution < -0.4 is 16.4 Å². The van der Waals surface area contributed by atoms with Crippen LogP contribution in [0.15, 0.2) is 53.1 Å². The molecule has 24 heavy (non-hydrogen) atoms. The van der Waals surface area contributed by atoms with Gasteiger partial charge in [-0.25, -0.2) is 4.98 Å². The van der Waals surface area contributed by atoms with Crippen LogP contribution in [0.1, 0.15) is 16.1 Å². The van der Waals surface area contributed by atoms with Crippen molar-refractivity contribution >= 4 is 17.7 Å². The zero-order chi connectivity index (χ0) is 16.9. The maximum atomic E-state index is 12.1. The smallest absolute Gasteiger partial charge is 0.251 e. The van der Waals surface area contributed by atoms with E-state index in [9.17, 15) is 4.79 Å². The van der Waals surface area contributed by atoms with Crippen LogP contribution in [0, 0.1) is 0 Å². The van der Waals surface area contributed by atoms with Crippen molar-refractivity contribution in [2.45, 2.75) is 6.54 Å². The minimum atomic E-state index is -0.170. The largest absolute Gasteiger partial charge is 0.467 e. The van der Waals surface area contributed by atoms with Crippen molar-refractivity contribution in [1.29, 1.82) is 0 Å². The third-order valence-corrected chi connectivity index (χ3v) is 3.45. The zero-order valence-corrected chi connectivity index (χ0v) is 13.1. The lowest BCUT2D eigenvalue weighted by atomic mass is 10.1. The lowest BCUT2D eigenvalue weighted by molar-refractivity contribution is 0.0948. The SMILES string of the molecule is CNc1cc(-c2ccc(C(=O)NCc3ccco3)cc2)nc(N)n1. The minimum absolute atomic E-state index is 0.170. The number of anilines is 2. The fourth-order valence-electron chi connectivity index (χ4n) is 2.22. The highest BCUT2D eigenvalue weighted by Crippen LogP contribution is 2.21. The highest BCUT2D eigenvalue weighted by Gasteiger charge is 2.08. The highest BCUT2D eigenvalue weighted by molar-refractivity contribution is 5.94. The molecular formula is C17H17N5O2. The number of carbonyl (C=O) groups is 1. The van der Waals surface area contributed by atoms with Crippen molar-refractivity contribution < 1.29 is 9.21 Å². The molecule has 0 unspecified atom stereocenters. The number of nitrogen functional groups attached to an aromatic ring is 1. The van der Waals surface area contributed by atoms with Crippen LogP contribution in [-0.4, -0.2) is 22.9 Å². The van der Waals surface area contributed by atoms with Crippen LogP contribution >= 0.6 is 0 Å². The number of carbonyl (C=O) groups excluding carboxylic acids is 1. The summed E-state index contributed by atoms with van der Waals surface area (Å²) >= 11 is 0. The Labute approximate surface area is 138 Å². The Kier molecular flexibility index (Phi) is 4.42. The van der Waals surface area contributed by atoms with E-state index in [1.54, 1.807) is 37.6 Å². The average molecular weight is 323 g/mol. The predicted molar refractivity (Wildman–Crippen MR) is 91.3 cm³/mol. The number of nitrogens with zero attached hydrogens (tertiary/aromatic N) is 2. The Bertz CT molecular complexity index is 829. The van der Waals surface area contributed by atoms with E-state index in [0.717, 1.165) is 5.56 Å². The molecule has 7 heteroatoms. The van der Waals surface area contributed by atoms with E-state index < -0.39 is 0 Å². The van der Waals surface area contributed by atoms with Crippen LogP contribution in [-0.2, 0) is 6.54 Å². The van der Waals surface area contributed by atoms with Crippen molar-refractivity contribution in [3.05, 3.63) is 60.1 Å². The third-order valence-electron chi connectivity index (χ3n) is 3.45. The number of nitrogens with one attached hydrogen (secondary N) is 2. The average Bonchev–Trinajstić information content (AvgIpc) is 3.12. The fraction of sp³-hybridized carbons (Fsp3) is 0.118. The molecule has 0 aliphatic heterocycles. The second kappa shape index (κ2) is 6.82. The molecule has 3 rings (SSSR count). The maximum absolute atomic E-state index is 12.1. The second-order valence-corrected chi connectivity index (χ2v) is 5.09. The molecule has 7 nitrogen and oxygen atoms in total. The number of rotatable bonds is 5. The van der Waals surface area contributed by atoms with Crippen molar-refractivity contribution in [3.63, 3.8) is 0 Å². The number of furan rings is 1. The van der Waals surface area contributed by atoms with Crippen LogP contribution in [0.5, 0.6) is 0 Å². The van der Waals surface area contributed by atoms with Gasteiger partial charge in [-0.2, -0.15) is 4.98 Å². The van der Waals surface area contributed by atoms with Crippen LogP contribution in [0.4, 0.5) is 11.8 Å². The van der Waals surface area contributed by atoms with E-state index in [0.29, 0.717) is 29.4 Å². The van der Waals surface area contributed by atoms with Gasteiger partial charge in [0, 0.05) is 24.2 Å². The Hall–Kier alpha value is -3.35. The summed E-state index contributed by atoms with van der Waals surface area (Å²) < 4.78 is 5.18. The summed E-state index contributed by atoms with van der Waals surface area (Å²) in [6.45, 7) is 0.349. The number of amides is 1. The maximum Gasteiger partial charge on any atom is 0.251 e. The first kappa shape index (κ1) is 15.5. The van der Waals surface area contributed by atoms with Crippen molar-refractivity contribution in [2.24, 2.45) is 0 Å². The van der Waals surface area contributed by atoms with Gasteiger partial charge in [0.15, 0.2) is 0 Å². The highest BCUT2D eigenvalue weighted by atomic mass is 16.3. The van der Waals surface area contributed by atoms with E-state index in [2.05, 4.69) is 20.6 Å². The Morgan fingerprint density at radius 3 is 2.67 bits per heavy atom.